The maximum absolute atomic E-state index is 10.00. The van der Waals surface area contributed by atoms with E-state index in [9.17, 15) is 30.6 Å². The largest absolute Gasteiger partial charge is 0.394 e. The van der Waals surface area contributed by atoms with Crippen LogP contribution >= 0.6 is 0 Å². The lowest BCUT2D eigenvalue weighted by Gasteiger charge is -2.45. The number of ether oxygens (including phenoxy) is 3. The molecule has 2 fully saturated rings. The number of hydrogen-bond donors (Lipinski definition) is 8. The van der Waals surface area contributed by atoms with Crippen LogP contribution in [-0.4, -0.2) is 115 Å². The topological polar surface area (TPSA) is 190 Å². The lowest BCUT2D eigenvalue weighted by atomic mass is 9.97. The van der Waals surface area contributed by atoms with Crippen molar-refractivity contribution in [3.63, 3.8) is 0 Å². The smallest absolute Gasteiger partial charge is 0.187 e. The second kappa shape index (κ2) is 7.63. The van der Waals surface area contributed by atoms with Crippen LogP contribution in [0.4, 0.5) is 0 Å². The SMILES string of the molecule is OC[C@H]1O[C@@H](O[C@@H]2[C@@H](O)[C@H](O)O[C@H](CO)[C@H]2O)[C@@H](O)[C@@H](O)[C@@H]1O. The molecule has 2 aliphatic rings. The fourth-order valence-corrected chi connectivity index (χ4v) is 2.56. The molecular formula is C12H22O11. The fourth-order valence-electron chi connectivity index (χ4n) is 2.56. The van der Waals surface area contributed by atoms with Crippen molar-refractivity contribution < 1.29 is 55.1 Å². The first-order valence-electron chi connectivity index (χ1n) is 7.08. The highest BCUT2D eigenvalue weighted by Crippen LogP contribution is 2.28. The molecule has 8 N–H and O–H groups in total. The first kappa shape index (κ1) is 18.9. The Morgan fingerprint density at radius 1 is 0.652 bits per heavy atom. The van der Waals surface area contributed by atoms with E-state index in [-0.39, 0.29) is 0 Å². The third-order valence-electron chi connectivity index (χ3n) is 3.98. The molecule has 0 unspecified atom stereocenters. The van der Waals surface area contributed by atoms with E-state index in [4.69, 9.17) is 24.4 Å². The normalized spacial score (nSPS) is 51.7. The highest BCUT2D eigenvalue weighted by molar-refractivity contribution is 4.93. The number of hydrogen-bond acceptors (Lipinski definition) is 11. The minimum absolute atomic E-state index is 0.667. The minimum atomic E-state index is -1.76. The summed E-state index contributed by atoms with van der Waals surface area (Å²) in [5, 5.41) is 76.8. The molecule has 0 bridgehead atoms. The molecule has 2 rings (SSSR count). The van der Waals surface area contributed by atoms with Crippen LogP contribution in [0, 0.1) is 0 Å². The average Bonchev–Trinajstić information content (AvgIpc) is 2.54. The van der Waals surface area contributed by atoms with Crippen LogP contribution in [0.5, 0.6) is 0 Å². The van der Waals surface area contributed by atoms with Crippen LogP contribution in [0.3, 0.4) is 0 Å². The summed E-state index contributed by atoms with van der Waals surface area (Å²) in [6.07, 6.45) is -15.7. The van der Waals surface area contributed by atoms with Crippen LogP contribution in [0.2, 0.25) is 0 Å². The molecule has 136 valence electrons. The molecule has 0 aromatic carbocycles. The Balaban J connectivity index is 2.11. The Morgan fingerprint density at radius 3 is 1.78 bits per heavy atom. The standard InChI is InChI=1S/C12H22O11/c13-1-3-5(15)7(17)8(18)12(22-3)23-10-6(16)4(2-14)21-11(20)9(10)19/h3-20H,1-2H2/t3-,4-,5-,6-,7+,8+,9-,10+,11-,12+/m1/s1. The van der Waals surface area contributed by atoms with Gasteiger partial charge in [-0.3, -0.25) is 0 Å². The predicted octanol–water partition coefficient (Wildman–Crippen LogP) is -5.40. The van der Waals surface area contributed by atoms with Crippen LogP contribution < -0.4 is 0 Å². The average molecular weight is 342 g/mol. The first-order valence-corrected chi connectivity index (χ1v) is 7.08. The third kappa shape index (κ3) is 3.65. The molecule has 2 heterocycles. The zero-order valence-corrected chi connectivity index (χ0v) is 12.0. The van der Waals surface area contributed by atoms with Gasteiger partial charge in [-0.1, -0.05) is 0 Å². The Bertz CT molecular complexity index is 380. The van der Waals surface area contributed by atoms with E-state index in [0.717, 1.165) is 0 Å². The molecule has 0 aromatic heterocycles. The van der Waals surface area contributed by atoms with E-state index >= 15 is 0 Å². The van der Waals surface area contributed by atoms with Crippen molar-refractivity contribution in [3.8, 4) is 0 Å². The zero-order chi connectivity index (χ0) is 17.3. The van der Waals surface area contributed by atoms with Crippen LogP contribution in [-0.2, 0) is 14.2 Å². The van der Waals surface area contributed by atoms with E-state index in [1.807, 2.05) is 0 Å². The summed E-state index contributed by atoms with van der Waals surface area (Å²) >= 11 is 0. The molecule has 2 saturated heterocycles. The summed E-state index contributed by atoms with van der Waals surface area (Å²) < 4.78 is 15.1. The van der Waals surface area contributed by atoms with Crippen molar-refractivity contribution in [2.75, 3.05) is 13.2 Å². The minimum Gasteiger partial charge on any atom is -0.394 e. The highest BCUT2D eigenvalue weighted by atomic mass is 16.7. The lowest BCUT2D eigenvalue weighted by Crippen LogP contribution is -2.64. The second-order valence-electron chi connectivity index (χ2n) is 5.53. The summed E-state index contributed by atoms with van der Waals surface area (Å²) in [5.74, 6) is 0. The Hall–Kier alpha value is -0.440. The first-order chi connectivity index (χ1) is 10.8. The number of aliphatic hydroxyl groups is 8. The number of rotatable bonds is 4. The van der Waals surface area contributed by atoms with Crippen molar-refractivity contribution >= 4 is 0 Å². The van der Waals surface area contributed by atoms with E-state index < -0.39 is 74.6 Å². The van der Waals surface area contributed by atoms with Gasteiger partial charge in [0.25, 0.3) is 0 Å². The molecule has 0 saturated carbocycles. The molecule has 23 heavy (non-hydrogen) atoms. The van der Waals surface area contributed by atoms with E-state index in [2.05, 4.69) is 0 Å². The highest BCUT2D eigenvalue weighted by Gasteiger charge is 2.50. The molecule has 11 heteroatoms. The molecule has 2 aliphatic heterocycles. The van der Waals surface area contributed by atoms with Crippen molar-refractivity contribution in [2.45, 2.75) is 61.4 Å². The van der Waals surface area contributed by atoms with Gasteiger partial charge in [0.05, 0.1) is 13.2 Å². The Labute approximate surface area is 130 Å². The van der Waals surface area contributed by atoms with E-state index in [1.54, 1.807) is 0 Å². The van der Waals surface area contributed by atoms with Crippen molar-refractivity contribution in [1.29, 1.82) is 0 Å². The maximum Gasteiger partial charge on any atom is 0.187 e. The molecule has 0 aromatic rings. The van der Waals surface area contributed by atoms with Gasteiger partial charge in [-0.2, -0.15) is 0 Å². The van der Waals surface area contributed by atoms with Gasteiger partial charge in [-0.05, 0) is 0 Å². The molecule has 0 radical (unpaired) electrons. The van der Waals surface area contributed by atoms with Crippen molar-refractivity contribution in [2.24, 2.45) is 0 Å². The Kier molecular flexibility index (Phi) is 6.27. The van der Waals surface area contributed by atoms with Gasteiger partial charge >= 0.3 is 0 Å². The van der Waals surface area contributed by atoms with Crippen LogP contribution in [0.25, 0.3) is 0 Å². The van der Waals surface area contributed by atoms with Gasteiger partial charge in [-0.15, -0.1) is 0 Å². The van der Waals surface area contributed by atoms with Crippen LogP contribution in [0.15, 0.2) is 0 Å². The summed E-state index contributed by atoms with van der Waals surface area (Å²) in [7, 11) is 0. The van der Waals surface area contributed by atoms with Crippen molar-refractivity contribution in [3.05, 3.63) is 0 Å². The molecule has 11 nitrogen and oxygen atoms in total. The van der Waals surface area contributed by atoms with Gasteiger partial charge < -0.3 is 55.1 Å². The fraction of sp³-hybridized carbons (Fsp3) is 1.00. The van der Waals surface area contributed by atoms with Gasteiger partial charge in [0.2, 0.25) is 0 Å². The maximum atomic E-state index is 10.00. The summed E-state index contributed by atoms with van der Waals surface area (Å²) in [6, 6.07) is 0. The van der Waals surface area contributed by atoms with Crippen LogP contribution in [0.1, 0.15) is 0 Å². The molecule has 10 atom stereocenters. The van der Waals surface area contributed by atoms with E-state index in [0.29, 0.717) is 0 Å². The zero-order valence-electron chi connectivity index (χ0n) is 12.0. The molecular weight excluding hydrogens is 320 g/mol. The molecule has 0 aliphatic carbocycles. The summed E-state index contributed by atoms with van der Waals surface area (Å²) in [6.45, 7) is -1.34. The van der Waals surface area contributed by atoms with Gasteiger partial charge in [0.15, 0.2) is 12.6 Å². The molecule has 0 spiro atoms. The van der Waals surface area contributed by atoms with Gasteiger partial charge in [0.1, 0.15) is 48.8 Å². The molecule has 0 amide bonds. The summed E-state index contributed by atoms with van der Waals surface area (Å²) in [4.78, 5) is 0. The summed E-state index contributed by atoms with van der Waals surface area (Å²) in [5.41, 5.74) is 0. The van der Waals surface area contributed by atoms with Crippen molar-refractivity contribution in [1.82, 2.24) is 0 Å². The predicted molar refractivity (Wildman–Crippen MR) is 68.6 cm³/mol. The van der Waals surface area contributed by atoms with Gasteiger partial charge in [-0.25, -0.2) is 0 Å². The number of aliphatic hydroxyl groups excluding tert-OH is 8. The second-order valence-corrected chi connectivity index (χ2v) is 5.53. The van der Waals surface area contributed by atoms with Gasteiger partial charge in [0, 0.05) is 0 Å². The Morgan fingerprint density at radius 2 is 1.22 bits per heavy atom. The van der Waals surface area contributed by atoms with E-state index in [1.165, 1.54) is 0 Å². The third-order valence-corrected chi connectivity index (χ3v) is 3.98. The monoisotopic (exact) mass is 342 g/mol. The quantitative estimate of drug-likeness (QED) is 0.243. The lowest BCUT2D eigenvalue weighted by molar-refractivity contribution is -0.355.